The minimum atomic E-state index is -0.756. The van der Waals surface area contributed by atoms with Gasteiger partial charge in [-0.25, -0.2) is 0 Å². The third-order valence-electron chi connectivity index (χ3n) is 9.54. The molecule has 0 saturated heterocycles. The van der Waals surface area contributed by atoms with Crippen molar-refractivity contribution in [2.75, 3.05) is 13.2 Å². The fraction of sp³-hybridized carbons (Fsp3) is 0.930. The van der Waals surface area contributed by atoms with E-state index in [0.717, 1.165) is 70.1 Å². The normalized spacial score (nSPS) is 11.9. The molecule has 0 saturated carbocycles. The van der Waals surface area contributed by atoms with E-state index in [2.05, 4.69) is 27.7 Å². The summed E-state index contributed by atoms with van der Waals surface area (Å²) in [6.07, 6.45) is 35.4. The van der Waals surface area contributed by atoms with E-state index in [4.69, 9.17) is 14.2 Å². The molecule has 0 radical (unpaired) electrons. The van der Waals surface area contributed by atoms with Crippen LogP contribution in [-0.2, 0) is 28.6 Å². The average Bonchev–Trinajstić information content (AvgIpc) is 3.08. The van der Waals surface area contributed by atoms with Gasteiger partial charge in [0, 0.05) is 19.3 Å². The number of carbonyl (C=O) groups is 3. The zero-order chi connectivity index (χ0) is 36.0. The van der Waals surface area contributed by atoms with Crippen LogP contribution in [0.4, 0.5) is 0 Å². The number of ether oxygens (including phenoxy) is 3. The zero-order valence-corrected chi connectivity index (χ0v) is 33.1. The number of rotatable bonds is 38. The lowest BCUT2D eigenvalue weighted by Gasteiger charge is -2.18. The summed E-state index contributed by atoms with van der Waals surface area (Å²) in [7, 11) is 0. The Labute approximate surface area is 304 Å². The van der Waals surface area contributed by atoms with Crippen LogP contribution in [0.1, 0.15) is 233 Å². The van der Waals surface area contributed by atoms with Crippen molar-refractivity contribution in [1.82, 2.24) is 0 Å². The van der Waals surface area contributed by atoms with Crippen LogP contribution in [0.15, 0.2) is 0 Å². The molecule has 290 valence electrons. The first-order valence-corrected chi connectivity index (χ1v) is 21.4. The Balaban J connectivity index is 4.19. The molecular weight excluding hydrogens is 612 g/mol. The Hall–Kier alpha value is -1.59. The highest BCUT2D eigenvalue weighted by atomic mass is 16.6. The van der Waals surface area contributed by atoms with Gasteiger partial charge in [0.05, 0.1) is 0 Å². The Kier molecular flexibility index (Phi) is 36.4. The van der Waals surface area contributed by atoms with Crippen LogP contribution in [0.2, 0.25) is 0 Å². The summed E-state index contributed by atoms with van der Waals surface area (Å²) >= 11 is 0. The Bertz CT molecular complexity index is 736. The van der Waals surface area contributed by atoms with Gasteiger partial charge in [-0.3, -0.25) is 14.4 Å². The molecule has 0 aromatic rings. The summed E-state index contributed by atoms with van der Waals surface area (Å²) < 4.78 is 16.6. The fourth-order valence-corrected chi connectivity index (χ4v) is 6.27. The highest BCUT2D eigenvalue weighted by Crippen LogP contribution is 2.16. The number of hydrogen-bond donors (Lipinski definition) is 0. The van der Waals surface area contributed by atoms with Gasteiger partial charge in [-0.2, -0.15) is 0 Å². The molecule has 0 N–H and O–H groups in total. The number of hydrogen-bond acceptors (Lipinski definition) is 6. The molecule has 0 amide bonds. The second kappa shape index (κ2) is 37.7. The molecule has 0 heterocycles. The lowest BCUT2D eigenvalue weighted by atomic mass is 10.0. The molecule has 0 aromatic carbocycles. The zero-order valence-electron chi connectivity index (χ0n) is 33.1. The summed E-state index contributed by atoms with van der Waals surface area (Å²) in [5, 5.41) is 0. The maximum absolute atomic E-state index is 12.6. The van der Waals surface area contributed by atoms with E-state index >= 15 is 0 Å². The second-order valence-electron chi connectivity index (χ2n) is 15.1. The van der Waals surface area contributed by atoms with Crippen molar-refractivity contribution in [2.24, 2.45) is 5.92 Å². The van der Waals surface area contributed by atoms with Gasteiger partial charge < -0.3 is 14.2 Å². The van der Waals surface area contributed by atoms with Crippen LogP contribution < -0.4 is 0 Å². The third kappa shape index (κ3) is 37.5. The Morgan fingerprint density at radius 1 is 0.388 bits per heavy atom. The lowest BCUT2D eigenvalue weighted by Crippen LogP contribution is -2.30. The number of esters is 3. The van der Waals surface area contributed by atoms with E-state index in [1.165, 1.54) is 122 Å². The van der Waals surface area contributed by atoms with Gasteiger partial charge in [-0.1, -0.05) is 195 Å². The van der Waals surface area contributed by atoms with Crippen LogP contribution in [0, 0.1) is 5.92 Å². The van der Waals surface area contributed by atoms with Crippen LogP contribution in [0.25, 0.3) is 0 Å². The molecule has 6 heteroatoms. The van der Waals surface area contributed by atoms with Gasteiger partial charge in [0.15, 0.2) is 6.10 Å². The quantitative estimate of drug-likeness (QED) is 0.0364. The van der Waals surface area contributed by atoms with Crippen LogP contribution >= 0.6 is 0 Å². The molecule has 0 unspecified atom stereocenters. The summed E-state index contributed by atoms with van der Waals surface area (Å²) in [5.41, 5.74) is 0. The third-order valence-corrected chi connectivity index (χ3v) is 9.54. The fourth-order valence-electron chi connectivity index (χ4n) is 6.27. The average molecular weight is 695 g/mol. The Morgan fingerprint density at radius 3 is 1.00 bits per heavy atom. The lowest BCUT2D eigenvalue weighted by molar-refractivity contribution is -0.167. The number of carbonyl (C=O) groups excluding carboxylic acids is 3. The van der Waals surface area contributed by atoms with Gasteiger partial charge in [0.25, 0.3) is 0 Å². The molecule has 6 nitrogen and oxygen atoms in total. The molecule has 49 heavy (non-hydrogen) atoms. The van der Waals surface area contributed by atoms with Gasteiger partial charge in [-0.15, -0.1) is 0 Å². The first-order chi connectivity index (χ1) is 23.9. The Morgan fingerprint density at radius 2 is 0.673 bits per heavy atom. The standard InChI is InChI=1S/C43H82O6/c1-5-7-9-11-12-13-20-23-27-31-35-42(45)48-38-40(37-47-41(44)34-30-25-10-8-6-2)49-43(46)36-32-28-24-21-18-16-14-15-17-19-22-26-29-33-39(3)4/h39-40H,5-38H2,1-4H3/t40-/m0/s1. The van der Waals surface area contributed by atoms with Crippen molar-refractivity contribution in [1.29, 1.82) is 0 Å². The van der Waals surface area contributed by atoms with E-state index in [9.17, 15) is 14.4 Å². The predicted molar refractivity (Wildman–Crippen MR) is 206 cm³/mol. The molecule has 0 aliphatic heterocycles. The van der Waals surface area contributed by atoms with Crippen molar-refractivity contribution in [3.63, 3.8) is 0 Å². The van der Waals surface area contributed by atoms with E-state index in [1.54, 1.807) is 0 Å². The van der Waals surface area contributed by atoms with Gasteiger partial charge >= 0.3 is 17.9 Å². The molecule has 0 aliphatic carbocycles. The maximum Gasteiger partial charge on any atom is 0.306 e. The molecule has 0 rings (SSSR count). The van der Waals surface area contributed by atoms with E-state index in [-0.39, 0.29) is 31.1 Å². The minimum Gasteiger partial charge on any atom is -0.462 e. The first kappa shape index (κ1) is 47.4. The minimum absolute atomic E-state index is 0.0652. The highest BCUT2D eigenvalue weighted by Gasteiger charge is 2.19. The molecule has 0 aliphatic rings. The first-order valence-electron chi connectivity index (χ1n) is 21.4. The van der Waals surface area contributed by atoms with Crippen LogP contribution in [0.3, 0.4) is 0 Å². The molecule has 1 atom stereocenters. The monoisotopic (exact) mass is 695 g/mol. The molecule has 0 spiro atoms. The van der Waals surface area contributed by atoms with Crippen LogP contribution in [0.5, 0.6) is 0 Å². The molecular formula is C43H82O6. The van der Waals surface area contributed by atoms with Crippen molar-refractivity contribution in [2.45, 2.75) is 239 Å². The highest BCUT2D eigenvalue weighted by molar-refractivity contribution is 5.71. The summed E-state index contributed by atoms with van der Waals surface area (Å²) in [6.45, 7) is 8.90. The molecule has 0 bridgehead atoms. The summed E-state index contributed by atoms with van der Waals surface area (Å²) in [6, 6.07) is 0. The van der Waals surface area contributed by atoms with Crippen molar-refractivity contribution >= 4 is 17.9 Å². The molecule has 0 fully saturated rings. The van der Waals surface area contributed by atoms with Crippen LogP contribution in [-0.4, -0.2) is 37.2 Å². The smallest absolute Gasteiger partial charge is 0.306 e. The summed E-state index contributed by atoms with van der Waals surface area (Å²) in [5.74, 6) is -0.0348. The SMILES string of the molecule is CCCCCCCCCCCCC(=O)OC[C@H](COC(=O)CCCCCCC)OC(=O)CCCCCCCCCCCCCCCC(C)C. The maximum atomic E-state index is 12.6. The van der Waals surface area contributed by atoms with Gasteiger partial charge in [-0.05, 0) is 25.2 Å². The topological polar surface area (TPSA) is 78.9 Å². The van der Waals surface area contributed by atoms with Crippen molar-refractivity contribution < 1.29 is 28.6 Å². The number of unbranched alkanes of at least 4 members (excludes halogenated alkanes) is 25. The van der Waals surface area contributed by atoms with Gasteiger partial charge in [0.1, 0.15) is 13.2 Å². The van der Waals surface area contributed by atoms with Crippen molar-refractivity contribution in [3.05, 3.63) is 0 Å². The predicted octanol–water partition coefficient (Wildman–Crippen LogP) is 13.2. The molecule has 0 aromatic heterocycles. The summed E-state index contributed by atoms with van der Waals surface area (Å²) in [4.78, 5) is 37.3. The van der Waals surface area contributed by atoms with E-state index < -0.39 is 6.10 Å². The van der Waals surface area contributed by atoms with Crippen molar-refractivity contribution in [3.8, 4) is 0 Å². The largest absolute Gasteiger partial charge is 0.462 e. The van der Waals surface area contributed by atoms with E-state index in [1.807, 2.05) is 0 Å². The van der Waals surface area contributed by atoms with Gasteiger partial charge in [0.2, 0.25) is 0 Å². The van der Waals surface area contributed by atoms with E-state index in [0.29, 0.717) is 19.3 Å². The second-order valence-corrected chi connectivity index (χ2v) is 15.1.